The molecule has 17 heavy (non-hydrogen) atoms. The number of carbonyl (C=O) groups excluding carboxylic acids is 1. The molecule has 0 spiro atoms. The monoisotopic (exact) mass is 339 g/mol. The van der Waals surface area contributed by atoms with E-state index >= 15 is 0 Å². The molecule has 2 rings (SSSR count). The molecule has 1 fully saturated rings. The maximum absolute atomic E-state index is 13.8. The molecule has 1 amide bonds. The number of benzene rings is 1. The first-order chi connectivity index (χ1) is 8.02. The van der Waals surface area contributed by atoms with Crippen LogP contribution >= 0.6 is 39.1 Å². The number of hydrogen-bond acceptors (Lipinski definition) is 1. The number of nitrogens with zero attached hydrogens (tertiary/aromatic N) is 1. The van der Waals surface area contributed by atoms with E-state index in [2.05, 4.69) is 15.9 Å². The number of hydrogen-bond donors (Lipinski definition) is 0. The van der Waals surface area contributed by atoms with Crippen LogP contribution in [-0.4, -0.2) is 18.3 Å². The van der Waals surface area contributed by atoms with Gasteiger partial charge in [0.15, 0.2) is 0 Å². The van der Waals surface area contributed by atoms with Gasteiger partial charge < -0.3 is 4.90 Å². The summed E-state index contributed by atoms with van der Waals surface area (Å²) in [7, 11) is 0. The van der Waals surface area contributed by atoms with Crippen LogP contribution in [0.25, 0.3) is 0 Å². The third-order valence-corrected chi connectivity index (χ3v) is 3.93. The molecule has 0 aliphatic carbocycles. The Kier molecular flexibility index (Phi) is 3.95. The van der Waals surface area contributed by atoms with Crippen LogP contribution < -0.4 is 4.90 Å². The predicted molar refractivity (Wildman–Crippen MR) is 70.3 cm³/mol. The Morgan fingerprint density at radius 1 is 1.53 bits per heavy atom. The number of carbonyl (C=O) groups is 1. The maximum Gasteiger partial charge on any atom is 0.227 e. The van der Waals surface area contributed by atoms with Crippen LogP contribution in [0.3, 0.4) is 0 Å². The quantitative estimate of drug-likeness (QED) is 0.749. The molecule has 0 radical (unpaired) electrons. The zero-order chi connectivity index (χ0) is 12.6. The summed E-state index contributed by atoms with van der Waals surface area (Å²) in [6.07, 6.45) is 0.359. The number of halogens is 4. The Morgan fingerprint density at radius 2 is 2.24 bits per heavy atom. The predicted octanol–water partition coefficient (Wildman–Crippen LogP) is 3.83. The maximum atomic E-state index is 13.8. The van der Waals surface area contributed by atoms with Gasteiger partial charge in [-0.25, -0.2) is 4.39 Å². The second-order valence-corrected chi connectivity index (χ2v) is 5.55. The number of amides is 1. The number of alkyl halides is 1. The topological polar surface area (TPSA) is 20.3 Å². The van der Waals surface area contributed by atoms with Crippen LogP contribution in [0, 0.1) is 11.7 Å². The van der Waals surface area contributed by atoms with Gasteiger partial charge in [0.1, 0.15) is 5.82 Å². The largest absolute Gasteiger partial charge is 0.308 e. The zero-order valence-electron chi connectivity index (χ0n) is 8.72. The van der Waals surface area contributed by atoms with Gasteiger partial charge in [0.05, 0.1) is 5.69 Å². The SMILES string of the molecule is O=C1CC(CCl)CN1c1c(F)cc(Cl)cc1Br. The normalized spacial score (nSPS) is 20.1. The van der Waals surface area contributed by atoms with Gasteiger partial charge in [0.2, 0.25) is 5.91 Å². The Bertz CT molecular complexity index is 446. The van der Waals surface area contributed by atoms with Crippen molar-refractivity contribution >= 4 is 50.7 Å². The Hall–Kier alpha value is -0.320. The molecule has 2 nitrogen and oxygen atoms in total. The number of anilines is 1. The molecular formula is C11H9BrCl2FNO. The van der Waals surface area contributed by atoms with Crippen molar-refractivity contribution in [2.75, 3.05) is 17.3 Å². The van der Waals surface area contributed by atoms with Crippen molar-refractivity contribution in [3.8, 4) is 0 Å². The molecular weight excluding hydrogens is 332 g/mol. The molecule has 1 aliphatic rings. The molecule has 1 atom stereocenters. The fourth-order valence-corrected chi connectivity index (χ4v) is 3.09. The Balaban J connectivity index is 2.38. The van der Waals surface area contributed by atoms with Gasteiger partial charge >= 0.3 is 0 Å². The van der Waals surface area contributed by atoms with E-state index in [1.807, 2.05) is 0 Å². The van der Waals surface area contributed by atoms with Gasteiger partial charge in [-0.15, -0.1) is 11.6 Å². The van der Waals surface area contributed by atoms with Gasteiger partial charge in [0.25, 0.3) is 0 Å². The highest BCUT2D eigenvalue weighted by Gasteiger charge is 2.32. The summed E-state index contributed by atoms with van der Waals surface area (Å²) in [5, 5.41) is 0.290. The van der Waals surface area contributed by atoms with Gasteiger partial charge in [-0.1, -0.05) is 11.6 Å². The average molecular weight is 341 g/mol. The average Bonchev–Trinajstić information content (AvgIpc) is 2.59. The molecule has 0 saturated carbocycles. The summed E-state index contributed by atoms with van der Waals surface area (Å²) < 4.78 is 14.3. The van der Waals surface area contributed by atoms with Crippen molar-refractivity contribution in [1.82, 2.24) is 0 Å². The van der Waals surface area contributed by atoms with Crippen LogP contribution in [0.15, 0.2) is 16.6 Å². The zero-order valence-corrected chi connectivity index (χ0v) is 11.8. The molecule has 92 valence electrons. The van der Waals surface area contributed by atoms with E-state index in [9.17, 15) is 9.18 Å². The van der Waals surface area contributed by atoms with Crippen LogP contribution in [0.5, 0.6) is 0 Å². The standard InChI is InChI=1S/C11H9BrCl2FNO/c12-8-2-7(14)3-9(15)11(8)16-5-6(4-13)1-10(16)17/h2-3,6H,1,4-5H2. The van der Waals surface area contributed by atoms with E-state index in [0.29, 0.717) is 28.3 Å². The van der Waals surface area contributed by atoms with Crippen molar-refractivity contribution in [1.29, 1.82) is 0 Å². The lowest BCUT2D eigenvalue weighted by molar-refractivity contribution is -0.117. The van der Waals surface area contributed by atoms with Crippen molar-refractivity contribution < 1.29 is 9.18 Å². The first-order valence-electron chi connectivity index (χ1n) is 5.03. The summed E-state index contributed by atoms with van der Waals surface area (Å²) in [5.74, 6) is -0.147. The van der Waals surface area contributed by atoms with E-state index in [1.165, 1.54) is 11.0 Å². The number of rotatable bonds is 2. The lowest BCUT2D eigenvalue weighted by Crippen LogP contribution is -2.26. The van der Waals surface area contributed by atoms with Crippen molar-refractivity contribution in [3.63, 3.8) is 0 Å². The third kappa shape index (κ3) is 2.59. The molecule has 1 aromatic rings. The van der Waals surface area contributed by atoms with Crippen LogP contribution in [0.4, 0.5) is 10.1 Å². The van der Waals surface area contributed by atoms with Crippen LogP contribution in [0.2, 0.25) is 5.02 Å². The highest BCUT2D eigenvalue weighted by molar-refractivity contribution is 9.10. The molecule has 1 heterocycles. The van der Waals surface area contributed by atoms with E-state index in [1.54, 1.807) is 6.07 Å². The van der Waals surface area contributed by atoms with Gasteiger partial charge in [-0.05, 0) is 34.0 Å². The minimum atomic E-state index is -0.507. The van der Waals surface area contributed by atoms with Crippen LogP contribution in [-0.2, 0) is 4.79 Å². The highest BCUT2D eigenvalue weighted by atomic mass is 79.9. The first kappa shape index (κ1) is 13.1. The van der Waals surface area contributed by atoms with E-state index in [4.69, 9.17) is 23.2 Å². The Morgan fingerprint density at radius 3 is 2.76 bits per heavy atom. The van der Waals surface area contributed by atoms with E-state index < -0.39 is 5.82 Å². The fraction of sp³-hybridized carbons (Fsp3) is 0.364. The summed E-state index contributed by atoms with van der Waals surface area (Å²) in [6.45, 7) is 0.444. The van der Waals surface area contributed by atoms with Gasteiger partial charge in [0, 0.05) is 28.3 Å². The summed E-state index contributed by atoms with van der Waals surface area (Å²) >= 11 is 14.7. The van der Waals surface area contributed by atoms with Crippen LogP contribution in [0.1, 0.15) is 6.42 Å². The minimum Gasteiger partial charge on any atom is -0.308 e. The fourth-order valence-electron chi connectivity index (χ4n) is 1.89. The second-order valence-electron chi connectivity index (χ2n) is 3.95. The molecule has 1 saturated heterocycles. The highest BCUT2D eigenvalue weighted by Crippen LogP contribution is 2.36. The van der Waals surface area contributed by atoms with E-state index in [-0.39, 0.29) is 17.5 Å². The van der Waals surface area contributed by atoms with Gasteiger partial charge in [-0.2, -0.15) is 0 Å². The summed E-state index contributed by atoms with van der Waals surface area (Å²) in [5.41, 5.74) is 0.243. The van der Waals surface area contributed by atoms with E-state index in [0.717, 1.165) is 0 Å². The molecule has 6 heteroatoms. The van der Waals surface area contributed by atoms with Crippen molar-refractivity contribution in [3.05, 3.63) is 27.4 Å². The first-order valence-corrected chi connectivity index (χ1v) is 6.74. The molecule has 1 unspecified atom stereocenters. The molecule has 0 N–H and O–H groups in total. The molecule has 1 aromatic carbocycles. The molecule has 1 aliphatic heterocycles. The molecule has 0 bridgehead atoms. The lowest BCUT2D eigenvalue weighted by Gasteiger charge is -2.19. The Labute approximate surface area is 117 Å². The summed E-state index contributed by atoms with van der Waals surface area (Å²) in [6, 6.07) is 2.77. The minimum absolute atomic E-state index is 0.0751. The lowest BCUT2D eigenvalue weighted by atomic mass is 10.1. The second kappa shape index (κ2) is 5.12. The van der Waals surface area contributed by atoms with Gasteiger partial charge in [-0.3, -0.25) is 4.79 Å². The van der Waals surface area contributed by atoms with Crippen molar-refractivity contribution in [2.24, 2.45) is 5.92 Å². The van der Waals surface area contributed by atoms with Crippen molar-refractivity contribution in [2.45, 2.75) is 6.42 Å². The third-order valence-electron chi connectivity index (χ3n) is 2.67. The smallest absolute Gasteiger partial charge is 0.227 e. The molecule has 0 aromatic heterocycles. The summed E-state index contributed by atoms with van der Waals surface area (Å²) in [4.78, 5) is 13.2.